The molecule has 7 nitrogen and oxygen atoms in total. The number of guanidine groups is 1. The van der Waals surface area contributed by atoms with Crippen LogP contribution in [0.5, 0.6) is 0 Å². The van der Waals surface area contributed by atoms with Crippen molar-refractivity contribution in [2.75, 3.05) is 18.4 Å². The Morgan fingerprint density at radius 1 is 1.12 bits per heavy atom. The minimum absolute atomic E-state index is 0.115. The molecule has 1 saturated heterocycles. The number of nitrogens with zero attached hydrogens (tertiary/aromatic N) is 4. The first kappa shape index (κ1) is 28.8. The molecule has 3 aromatic rings. The van der Waals surface area contributed by atoms with Crippen LogP contribution in [0, 0.1) is 35.9 Å². The van der Waals surface area contributed by atoms with Gasteiger partial charge in [-0.2, -0.15) is 0 Å². The van der Waals surface area contributed by atoms with Gasteiger partial charge in [0.05, 0.1) is 23.3 Å². The van der Waals surface area contributed by atoms with Crippen LogP contribution >= 0.6 is 0 Å². The molecule has 2 bridgehead atoms. The van der Waals surface area contributed by atoms with Crippen molar-refractivity contribution in [2.45, 2.75) is 85.5 Å². The Kier molecular flexibility index (Phi) is 7.62. The molecule has 2 N–H and O–H groups in total. The van der Waals surface area contributed by atoms with Crippen LogP contribution in [0.4, 0.5) is 10.1 Å². The molecule has 8 heteroatoms. The van der Waals surface area contributed by atoms with Crippen LogP contribution < -0.4 is 16.2 Å². The van der Waals surface area contributed by atoms with Crippen molar-refractivity contribution in [3.63, 3.8) is 0 Å². The van der Waals surface area contributed by atoms with Crippen molar-refractivity contribution >= 4 is 22.5 Å². The molecule has 4 aliphatic rings. The van der Waals surface area contributed by atoms with Crippen LogP contribution in [0.3, 0.4) is 0 Å². The van der Waals surface area contributed by atoms with Gasteiger partial charge in [0.1, 0.15) is 5.82 Å². The van der Waals surface area contributed by atoms with Gasteiger partial charge in [-0.1, -0.05) is 32.9 Å². The summed E-state index contributed by atoms with van der Waals surface area (Å²) in [5.41, 5.74) is 3.30. The van der Waals surface area contributed by atoms with Crippen LogP contribution in [0.25, 0.3) is 10.9 Å². The van der Waals surface area contributed by atoms with Gasteiger partial charge in [0, 0.05) is 37.4 Å². The van der Waals surface area contributed by atoms with E-state index in [-0.39, 0.29) is 11.4 Å². The van der Waals surface area contributed by atoms with Crippen LogP contribution in [-0.2, 0) is 13.0 Å². The van der Waals surface area contributed by atoms with Crippen LogP contribution in [0.1, 0.15) is 58.6 Å². The van der Waals surface area contributed by atoms with Gasteiger partial charge >= 0.3 is 0 Å². The fraction of sp³-hybridized carbons (Fsp3) is 0.559. The molecule has 6 atom stereocenters. The van der Waals surface area contributed by atoms with Gasteiger partial charge in [-0.3, -0.25) is 9.36 Å². The molecule has 3 saturated carbocycles. The number of aryl methyl sites for hydroxylation is 3. The number of aromatic nitrogens is 2. The number of nitrogens with one attached hydrogen (secondary N) is 2. The van der Waals surface area contributed by atoms with Crippen molar-refractivity contribution in [2.24, 2.45) is 28.2 Å². The van der Waals surface area contributed by atoms with E-state index in [1.807, 2.05) is 31.2 Å². The summed E-state index contributed by atoms with van der Waals surface area (Å²) < 4.78 is 15.9. The maximum absolute atomic E-state index is 14.3. The topological polar surface area (TPSA) is 74.6 Å². The quantitative estimate of drug-likeness (QED) is 0.307. The highest BCUT2D eigenvalue weighted by Gasteiger charge is 2.56. The highest BCUT2D eigenvalue weighted by atomic mass is 19.1. The summed E-state index contributed by atoms with van der Waals surface area (Å²) in [4.78, 5) is 25.7. The summed E-state index contributed by atoms with van der Waals surface area (Å²) in [6.45, 7) is 15.7. The molecule has 3 aliphatic carbocycles. The van der Waals surface area contributed by atoms with Crippen molar-refractivity contribution < 1.29 is 4.39 Å². The monoisotopic (exact) mass is 572 g/mol. The molecule has 0 radical (unpaired) electrons. The van der Waals surface area contributed by atoms with Crippen LogP contribution in [0.15, 0.2) is 52.5 Å². The van der Waals surface area contributed by atoms with Gasteiger partial charge in [0.2, 0.25) is 0 Å². The normalized spacial score (nSPS) is 28.9. The molecule has 42 heavy (non-hydrogen) atoms. The number of benzene rings is 2. The number of fused-ring (bicyclic) bond motifs is 3. The van der Waals surface area contributed by atoms with E-state index in [9.17, 15) is 9.18 Å². The highest BCUT2D eigenvalue weighted by molar-refractivity contribution is 5.96. The molecule has 2 aromatic carbocycles. The summed E-state index contributed by atoms with van der Waals surface area (Å²) >= 11 is 0. The Morgan fingerprint density at radius 3 is 2.57 bits per heavy atom. The first-order valence-electron chi connectivity index (χ1n) is 15.6. The zero-order valence-electron chi connectivity index (χ0n) is 25.8. The standard InChI is InChI=1S/C34H45FN6O/c1-20-7-8-24(29(35)13-20)11-12-40-19-36-31-16-26(9-10-27(31)32(40)42)38-33(41-17-21(2)37-22(3)18-41)39-30-15-25-14-28(23(30)4)34(25,5)6/h7-10,13,16,19,21-23,25,28,30,37H,11-12,14-15,17-18H2,1-6H3,(H,38,39)/t21-,22+,23-,25-,28+,30-/m0/s1. The second kappa shape index (κ2) is 11.1. The Labute approximate surface area is 248 Å². The van der Waals surface area contributed by atoms with E-state index >= 15 is 0 Å². The van der Waals surface area contributed by atoms with Gasteiger partial charge in [-0.15, -0.1) is 0 Å². The van der Waals surface area contributed by atoms with Crippen molar-refractivity contribution in [3.05, 3.63) is 70.0 Å². The summed E-state index contributed by atoms with van der Waals surface area (Å²) in [6, 6.07) is 12.0. The number of hydrogen-bond donors (Lipinski definition) is 2. The number of rotatable bonds is 5. The van der Waals surface area contributed by atoms with Gasteiger partial charge in [-0.05, 0) is 98.6 Å². The number of anilines is 1. The smallest absolute Gasteiger partial charge is 0.261 e. The average molecular weight is 573 g/mol. The average Bonchev–Trinajstić information content (AvgIpc) is 2.93. The largest absolute Gasteiger partial charge is 0.340 e. The van der Waals surface area contributed by atoms with Crippen molar-refractivity contribution in [1.82, 2.24) is 19.8 Å². The third-order valence-electron chi connectivity index (χ3n) is 10.4. The number of piperazine rings is 1. The maximum atomic E-state index is 14.3. The maximum Gasteiger partial charge on any atom is 0.261 e. The molecule has 224 valence electrons. The van der Waals surface area contributed by atoms with Crippen LogP contribution in [-0.4, -0.2) is 51.6 Å². The molecule has 0 unspecified atom stereocenters. The molecular weight excluding hydrogens is 527 g/mol. The van der Waals surface area contributed by atoms with Gasteiger partial charge in [-0.25, -0.2) is 14.4 Å². The van der Waals surface area contributed by atoms with Gasteiger partial charge in [0.25, 0.3) is 5.56 Å². The van der Waals surface area contributed by atoms with E-state index in [1.54, 1.807) is 17.0 Å². The van der Waals surface area contributed by atoms with E-state index in [0.717, 1.165) is 48.6 Å². The first-order chi connectivity index (χ1) is 20.0. The van der Waals surface area contributed by atoms with E-state index in [0.29, 0.717) is 58.9 Å². The lowest BCUT2D eigenvalue weighted by Crippen LogP contribution is -2.59. The molecule has 1 aliphatic heterocycles. The van der Waals surface area contributed by atoms with E-state index in [2.05, 4.69) is 55.1 Å². The second-order valence-corrected chi connectivity index (χ2v) is 13.8. The van der Waals surface area contributed by atoms with E-state index in [1.165, 1.54) is 12.5 Å². The van der Waals surface area contributed by atoms with Gasteiger partial charge < -0.3 is 15.5 Å². The minimum atomic E-state index is -0.235. The summed E-state index contributed by atoms with van der Waals surface area (Å²) in [5, 5.41) is 7.84. The van der Waals surface area contributed by atoms with E-state index in [4.69, 9.17) is 4.99 Å². The Hall–Kier alpha value is -3.26. The fourth-order valence-electron chi connectivity index (χ4n) is 7.76. The Balaban J connectivity index is 1.24. The fourth-order valence-corrected chi connectivity index (χ4v) is 7.76. The Bertz CT molecular complexity index is 1550. The lowest BCUT2D eigenvalue weighted by molar-refractivity contribution is -0.108. The lowest BCUT2D eigenvalue weighted by Gasteiger charge is -2.61. The summed E-state index contributed by atoms with van der Waals surface area (Å²) in [6.07, 6.45) is 4.47. The SMILES string of the molecule is Cc1ccc(CCn2cnc3cc(NC(=N[C@H]4C[C@@H]5C[C@H]([C@@H]4C)C5(C)C)N4C[C@@H](C)N[C@@H](C)C4)ccc3c2=O)c(F)c1. The molecule has 2 heterocycles. The molecular formula is C34H45FN6O. The number of halogens is 1. The predicted octanol–water partition coefficient (Wildman–Crippen LogP) is 5.61. The third-order valence-corrected chi connectivity index (χ3v) is 10.4. The Morgan fingerprint density at radius 2 is 1.88 bits per heavy atom. The molecule has 1 aromatic heterocycles. The van der Waals surface area contributed by atoms with Crippen LogP contribution in [0.2, 0.25) is 0 Å². The number of aliphatic imine (C=N–C) groups is 1. The molecule has 0 amide bonds. The second-order valence-electron chi connectivity index (χ2n) is 13.8. The highest BCUT2D eigenvalue weighted by Crippen LogP contribution is 2.61. The number of hydrogen-bond acceptors (Lipinski definition) is 4. The van der Waals surface area contributed by atoms with Crippen molar-refractivity contribution in [1.29, 1.82) is 0 Å². The minimum Gasteiger partial charge on any atom is -0.340 e. The first-order valence-corrected chi connectivity index (χ1v) is 15.6. The molecule has 7 rings (SSSR count). The molecule has 4 fully saturated rings. The van der Waals surface area contributed by atoms with E-state index < -0.39 is 0 Å². The molecule has 0 spiro atoms. The van der Waals surface area contributed by atoms with Crippen molar-refractivity contribution in [3.8, 4) is 0 Å². The third kappa shape index (κ3) is 5.46. The zero-order chi connectivity index (χ0) is 29.8. The summed E-state index contributed by atoms with van der Waals surface area (Å²) in [5.74, 6) is 2.69. The zero-order valence-corrected chi connectivity index (χ0v) is 25.8. The lowest BCUT2D eigenvalue weighted by atomic mass is 9.45. The summed E-state index contributed by atoms with van der Waals surface area (Å²) in [7, 11) is 0. The van der Waals surface area contributed by atoms with Gasteiger partial charge in [0.15, 0.2) is 5.96 Å². The predicted molar refractivity (Wildman–Crippen MR) is 168 cm³/mol.